The van der Waals surface area contributed by atoms with Gasteiger partial charge in [0.25, 0.3) is 0 Å². The summed E-state index contributed by atoms with van der Waals surface area (Å²) in [6, 6.07) is 35.4. The second-order valence-electron chi connectivity index (χ2n) is 8.65. The molecule has 0 unspecified atom stereocenters. The molecule has 4 aromatic rings. The zero-order chi connectivity index (χ0) is 21.8. The Morgan fingerprint density at radius 3 is 2.06 bits per heavy atom. The topological polar surface area (TPSA) is 25.2 Å². The molecule has 0 saturated heterocycles. The number of benzene rings is 3. The standard InChI is InChI=1S/C29H28N2O/c32-29(28-19-27(28)25-15-8-3-9-16-25)31(21-24-13-6-2-7-14-24)22-26-17-10-18-30(26)20-23-11-4-1-5-12-23/h1-18,27-28H,19-22H2/t27-,28+/m1/s1. The molecule has 160 valence electrons. The van der Waals surface area contributed by atoms with Crippen LogP contribution >= 0.6 is 0 Å². The van der Waals surface area contributed by atoms with Gasteiger partial charge < -0.3 is 9.47 Å². The summed E-state index contributed by atoms with van der Waals surface area (Å²) in [5.74, 6) is 0.687. The molecule has 2 atom stereocenters. The second-order valence-corrected chi connectivity index (χ2v) is 8.65. The van der Waals surface area contributed by atoms with E-state index in [1.807, 2.05) is 35.2 Å². The highest BCUT2D eigenvalue weighted by molar-refractivity contribution is 5.83. The van der Waals surface area contributed by atoms with Gasteiger partial charge in [0.2, 0.25) is 5.91 Å². The van der Waals surface area contributed by atoms with E-state index in [2.05, 4.69) is 83.6 Å². The van der Waals surface area contributed by atoms with E-state index in [-0.39, 0.29) is 11.8 Å². The predicted octanol–water partition coefficient (Wildman–Crippen LogP) is 5.87. The van der Waals surface area contributed by atoms with Gasteiger partial charge in [0.15, 0.2) is 0 Å². The van der Waals surface area contributed by atoms with Crippen LogP contribution in [0.2, 0.25) is 0 Å². The fraction of sp³-hybridized carbons (Fsp3) is 0.207. The van der Waals surface area contributed by atoms with E-state index >= 15 is 0 Å². The van der Waals surface area contributed by atoms with Crippen molar-refractivity contribution in [3.8, 4) is 0 Å². The molecule has 1 amide bonds. The Balaban J connectivity index is 1.35. The lowest BCUT2D eigenvalue weighted by atomic mass is 10.1. The maximum Gasteiger partial charge on any atom is 0.226 e. The molecule has 1 saturated carbocycles. The molecule has 1 aliphatic rings. The molecule has 32 heavy (non-hydrogen) atoms. The number of hydrogen-bond donors (Lipinski definition) is 0. The lowest BCUT2D eigenvalue weighted by Crippen LogP contribution is -2.32. The summed E-state index contributed by atoms with van der Waals surface area (Å²) in [7, 11) is 0. The molecule has 0 radical (unpaired) electrons. The van der Waals surface area contributed by atoms with Crippen LogP contribution in [0.25, 0.3) is 0 Å². The van der Waals surface area contributed by atoms with Crippen LogP contribution < -0.4 is 0 Å². The SMILES string of the molecule is O=C([C@H]1C[C@@H]1c1ccccc1)N(Cc1ccccc1)Cc1cccn1Cc1ccccc1. The van der Waals surface area contributed by atoms with Gasteiger partial charge in [-0.15, -0.1) is 0 Å². The molecular weight excluding hydrogens is 392 g/mol. The number of nitrogens with zero attached hydrogens (tertiary/aromatic N) is 2. The third kappa shape index (κ3) is 4.67. The minimum atomic E-state index is 0.0821. The van der Waals surface area contributed by atoms with Crippen molar-refractivity contribution in [2.45, 2.75) is 32.0 Å². The molecule has 1 aliphatic carbocycles. The van der Waals surface area contributed by atoms with Crippen molar-refractivity contribution in [1.82, 2.24) is 9.47 Å². The van der Waals surface area contributed by atoms with Crippen LogP contribution in [0.15, 0.2) is 109 Å². The summed E-state index contributed by atoms with van der Waals surface area (Å²) in [5, 5.41) is 0. The molecule has 0 bridgehead atoms. The van der Waals surface area contributed by atoms with E-state index in [4.69, 9.17) is 0 Å². The second kappa shape index (κ2) is 9.27. The molecule has 0 N–H and O–H groups in total. The van der Waals surface area contributed by atoms with Crippen molar-refractivity contribution >= 4 is 5.91 Å². The van der Waals surface area contributed by atoms with E-state index in [9.17, 15) is 4.79 Å². The highest BCUT2D eigenvalue weighted by Crippen LogP contribution is 2.48. The number of amides is 1. The van der Waals surface area contributed by atoms with Gasteiger partial charge in [0.05, 0.1) is 6.54 Å². The molecule has 3 heteroatoms. The molecule has 3 aromatic carbocycles. The monoisotopic (exact) mass is 420 g/mol. The van der Waals surface area contributed by atoms with Crippen molar-refractivity contribution in [2.24, 2.45) is 5.92 Å². The molecular formula is C29H28N2O. The van der Waals surface area contributed by atoms with Crippen molar-refractivity contribution < 1.29 is 4.79 Å². The summed E-state index contributed by atoms with van der Waals surface area (Å²) in [5.41, 5.74) is 4.86. The van der Waals surface area contributed by atoms with Gasteiger partial charge >= 0.3 is 0 Å². The largest absolute Gasteiger partial charge is 0.345 e. The highest BCUT2D eigenvalue weighted by atomic mass is 16.2. The normalized spacial score (nSPS) is 17.1. The first-order valence-corrected chi connectivity index (χ1v) is 11.3. The minimum Gasteiger partial charge on any atom is -0.345 e. The van der Waals surface area contributed by atoms with Gasteiger partial charge in [-0.1, -0.05) is 91.0 Å². The van der Waals surface area contributed by atoms with Crippen molar-refractivity contribution in [3.05, 3.63) is 132 Å². The molecule has 0 spiro atoms. The zero-order valence-electron chi connectivity index (χ0n) is 18.2. The smallest absolute Gasteiger partial charge is 0.226 e. The van der Waals surface area contributed by atoms with Crippen molar-refractivity contribution in [2.75, 3.05) is 0 Å². The Morgan fingerprint density at radius 1 is 0.750 bits per heavy atom. The Morgan fingerprint density at radius 2 is 1.38 bits per heavy atom. The third-order valence-electron chi connectivity index (χ3n) is 6.34. The van der Waals surface area contributed by atoms with Crippen LogP contribution in [-0.2, 0) is 24.4 Å². The molecule has 3 nitrogen and oxygen atoms in total. The molecule has 1 aromatic heterocycles. The summed E-state index contributed by atoms with van der Waals surface area (Å²) in [4.78, 5) is 15.6. The van der Waals surface area contributed by atoms with Crippen LogP contribution in [0.3, 0.4) is 0 Å². The first kappa shape index (κ1) is 20.3. The third-order valence-corrected chi connectivity index (χ3v) is 6.34. The van der Waals surface area contributed by atoms with E-state index in [0.29, 0.717) is 19.0 Å². The molecule has 1 heterocycles. The Bertz CT molecular complexity index is 1150. The average Bonchev–Trinajstić information content (AvgIpc) is 3.54. The summed E-state index contributed by atoms with van der Waals surface area (Å²) in [6.07, 6.45) is 3.05. The van der Waals surface area contributed by atoms with Crippen molar-refractivity contribution in [1.29, 1.82) is 0 Å². The van der Waals surface area contributed by atoms with E-state index in [1.165, 1.54) is 16.7 Å². The Kier molecular flexibility index (Phi) is 5.89. The molecule has 0 aliphatic heterocycles. The van der Waals surface area contributed by atoms with Crippen LogP contribution in [0.1, 0.15) is 34.7 Å². The van der Waals surface area contributed by atoms with Crippen molar-refractivity contribution in [3.63, 3.8) is 0 Å². The quantitative estimate of drug-likeness (QED) is 0.350. The van der Waals surface area contributed by atoms with Crippen LogP contribution in [0, 0.1) is 5.92 Å². The van der Waals surface area contributed by atoms with Gasteiger partial charge in [-0.3, -0.25) is 4.79 Å². The number of aromatic nitrogens is 1. The van der Waals surface area contributed by atoms with E-state index < -0.39 is 0 Å². The number of carbonyl (C=O) groups is 1. The summed E-state index contributed by atoms with van der Waals surface area (Å²) in [6.45, 7) is 2.06. The number of hydrogen-bond acceptors (Lipinski definition) is 1. The lowest BCUT2D eigenvalue weighted by Gasteiger charge is -2.24. The van der Waals surface area contributed by atoms with Crippen LogP contribution in [0.5, 0.6) is 0 Å². The van der Waals surface area contributed by atoms with E-state index in [1.54, 1.807) is 0 Å². The van der Waals surface area contributed by atoms with Gasteiger partial charge in [-0.2, -0.15) is 0 Å². The van der Waals surface area contributed by atoms with Gasteiger partial charge in [0, 0.05) is 30.9 Å². The van der Waals surface area contributed by atoms with Gasteiger partial charge in [-0.05, 0) is 41.2 Å². The van der Waals surface area contributed by atoms with Crippen LogP contribution in [0.4, 0.5) is 0 Å². The molecule has 5 rings (SSSR count). The summed E-state index contributed by atoms with van der Waals surface area (Å²) < 4.78 is 2.25. The number of carbonyl (C=O) groups excluding carboxylic acids is 1. The minimum absolute atomic E-state index is 0.0821. The maximum atomic E-state index is 13.6. The summed E-state index contributed by atoms with van der Waals surface area (Å²) >= 11 is 0. The Hall–Kier alpha value is -3.59. The van der Waals surface area contributed by atoms with E-state index in [0.717, 1.165) is 18.7 Å². The van der Waals surface area contributed by atoms with Gasteiger partial charge in [-0.25, -0.2) is 0 Å². The van der Waals surface area contributed by atoms with Crippen LogP contribution in [-0.4, -0.2) is 15.4 Å². The Labute approximate surface area is 189 Å². The highest BCUT2D eigenvalue weighted by Gasteiger charge is 2.45. The zero-order valence-corrected chi connectivity index (χ0v) is 18.2. The lowest BCUT2D eigenvalue weighted by molar-refractivity contribution is -0.134. The maximum absolute atomic E-state index is 13.6. The average molecular weight is 421 g/mol. The first-order valence-electron chi connectivity index (χ1n) is 11.3. The fourth-order valence-electron chi connectivity index (χ4n) is 4.51. The van der Waals surface area contributed by atoms with Gasteiger partial charge in [0.1, 0.15) is 0 Å². The fourth-order valence-corrected chi connectivity index (χ4v) is 4.51. The predicted molar refractivity (Wildman–Crippen MR) is 128 cm³/mol. The first-order chi connectivity index (χ1) is 15.8. The number of rotatable bonds is 8. The molecule has 1 fully saturated rings.